The maximum atomic E-state index is 13.0. The van der Waals surface area contributed by atoms with Gasteiger partial charge >= 0.3 is 6.18 Å². The van der Waals surface area contributed by atoms with Crippen LogP contribution in [0.5, 0.6) is 0 Å². The number of amides is 1. The van der Waals surface area contributed by atoms with Gasteiger partial charge in [0.2, 0.25) is 5.91 Å². The number of rotatable bonds is 4. The number of aliphatic hydroxyl groups excluding tert-OH is 1. The SMILES string of the molecule is O=C(N[C@@H]1C=C[C@H](CO)C1)C1(c2cccc(C(F)(F)F)c2)CCC1. The Hall–Kier alpha value is -1.82. The van der Waals surface area contributed by atoms with Gasteiger partial charge in [0.05, 0.1) is 11.0 Å². The fourth-order valence-corrected chi connectivity index (χ4v) is 3.49. The monoisotopic (exact) mass is 339 g/mol. The third-order valence-electron chi connectivity index (χ3n) is 5.11. The molecule has 0 bridgehead atoms. The summed E-state index contributed by atoms with van der Waals surface area (Å²) in [6.45, 7) is 0.0294. The van der Waals surface area contributed by atoms with Crippen molar-refractivity contribution in [2.75, 3.05) is 6.61 Å². The van der Waals surface area contributed by atoms with Crippen molar-refractivity contribution in [1.29, 1.82) is 0 Å². The Labute approximate surface area is 138 Å². The van der Waals surface area contributed by atoms with Crippen LogP contribution in [0.3, 0.4) is 0 Å². The van der Waals surface area contributed by atoms with E-state index in [9.17, 15) is 18.0 Å². The van der Waals surface area contributed by atoms with Crippen molar-refractivity contribution < 1.29 is 23.1 Å². The highest BCUT2D eigenvalue weighted by Crippen LogP contribution is 2.45. The van der Waals surface area contributed by atoms with Crippen molar-refractivity contribution >= 4 is 5.91 Å². The number of nitrogens with one attached hydrogen (secondary N) is 1. The summed E-state index contributed by atoms with van der Waals surface area (Å²) in [6, 6.07) is 4.93. The molecule has 1 fully saturated rings. The maximum Gasteiger partial charge on any atom is 0.416 e. The molecule has 1 aromatic carbocycles. The van der Waals surface area contributed by atoms with Gasteiger partial charge < -0.3 is 10.4 Å². The average Bonchev–Trinajstić information content (AvgIpc) is 2.93. The van der Waals surface area contributed by atoms with E-state index in [0.29, 0.717) is 24.8 Å². The van der Waals surface area contributed by atoms with Crippen molar-refractivity contribution in [3.05, 3.63) is 47.5 Å². The number of hydrogen-bond donors (Lipinski definition) is 2. The lowest BCUT2D eigenvalue weighted by Gasteiger charge is -2.41. The zero-order valence-corrected chi connectivity index (χ0v) is 13.1. The molecule has 2 aliphatic rings. The minimum Gasteiger partial charge on any atom is -0.396 e. The van der Waals surface area contributed by atoms with Gasteiger partial charge in [-0.1, -0.05) is 36.8 Å². The molecule has 0 aromatic heterocycles. The lowest BCUT2D eigenvalue weighted by Crippen LogP contribution is -2.51. The second kappa shape index (κ2) is 6.24. The molecule has 1 aromatic rings. The van der Waals surface area contributed by atoms with Gasteiger partial charge in [-0.3, -0.25) is 4.79 Å². The van der Waals surface area contributed by atoms with Crippen LogP contribution in [0, 0.1) is 5.92 Å². The summed E-state index contributed by atoms with van der Waals surface area (Å²) in [4.78, 5) is 12.8. The first kappa shape index (κ1) is 17.0. The molecular formula is C18H20F3NO2. The van der Waals surface area contributed by atoms with E-state index < -0.39 is 17.2 Å². The molecule has 0 saturated heterocycles. The molecule has 6 heteroatoms. The minimum atomic E-state index is -4.42. The highest BCUT2D eigenvalue weighted by Gasteiger charge is 2.47. The third kappa shape index (κ3) is 3.07. The van der Waals surface area contributed by atoms with Crippen molar-refractivity contribution in [2.45, 2.75) is 43.3 Å². The normalized spacial score (nSPS) is 25.3. The van der Waals surface area contributed by atoms with Crippen LogP contribution in [0.25, 0.3) is 0 Å². The van der Waals surface area contributed by atoms with Crippen LogP contribution < -0.4 is 5.32 Å². The van der Waals surface area contributed by atoms with E-state index in [1.165, 1.54) is 6.07 Å². The van der Waals surface area contributed by atoms with Gasteiger partial charge in [0.25, 0.3) is 0 Å². The van der Waals surface area contributed by atoms with E-state index in [1.807, 2.05) is 12.2 Å². The van der Waals surface area contributed by atoms with Crippen LogP contribution in [0.4, 0.5) is 13.2 Å². The van der Waals surface area contributed by atoms with Crippen LogP contribution in [0.1, 0.15) is 36.8 Å². The van der Waals surface area contributed by atoms with Crippen LogP contribution >= 0.6 is 0 Å². The lowest BCUT2D eigenvalue weighted by atomic mass is 9.63. The Balaban J connectivity index is 1.79. The van der Waals surface area contributed by atoms with Gasteiger partial charge in [-0.15, -0.1) is 0 Å². The Bertz CT molecular complexity index is 650. The molecule has 1 amide bonds. The van der Waals surface area contributed by atoms with Crippen LogP contribution in [0.15, 0.2) is 36.4 Å². The molecule has 2 atom stereocenters. The van der Waals surface area contributed by atoms with Crippen molar-refractivity contribution in [2.24, 2.45) is 5.92 Å². The summed E-state index contributed by atoms with van der Waals surface area (Å²) in [7, 11) is 0. The van der Waals surface area contributed by atoms with Gasteiger partial charge in [-0.2, -0.15) is 13.2 Å². The Kier molecular flexibility index (Phi) is 4.42. The second-order valence-corrected chi connectivity index (χ2v) is 6.66. The molecule has 2 N–H and O–H groups in total. The van der Waals surface area contributed by atoms with E-state index in [4.69, 9.17) is 5.11 Å². The molecule has 3 rings (SSSR count). The van der Waals surface area contributed by atoms with E-state index in [0.717, 1.165) is 18.6 Å². The molecule has 0 aliphatic heterocycles. The molecule has 130 valence electrons. The number of carbonyl (C=O) groups excluding carboxylic acids is 1. The number of alkyl halides is 3. The topological polar surface area (TPSA) is 49.3 Å². The zero-order valence-electron chi connectivity index (χ0n) is 13.1. The molecule has 0 radical (unpaired) electrons. The van der Waals surface area contributed by atoms with Crippen LogP contribution in [-0.2, 0) is 16.4 Å². The standard InChI is InChI=1S/C18H20F3NO2/c19-18(20,21)14-4-1-3-13(10-14)17(7-2-8-17)16(24)22-15-6-5-12(9-15)11-23/h1,3-6,10,12,15,23H,2,7-9,11H2,(H,22,24)/t12-,15+/m0/s1. The molecule has 2 aliphatic carbocycles. The molecule has 24 heavy (non-hydrogen) atoms. The van der Waals surface area contributed by atoms with Gasteiger partial charge in [-0.05, 0) is 30.9 Å². The number of aliphatic hydroxyl groups is 1. The largest absolute Gasteiger partial charge is 0.416 e. The highest BCUT2D eigenvalue weighted by molar-refractivity contribution is 5.89. The molecule has 0 spiro atoms. The van der Waals surface area contributed by atoms with Crippen molar-refractivity contribution in [3.8, 4) is 0 Å². The predicted molar refractivity (Wildman–Crippen MR) is 83.2 cm³/mol. The van der Waals surface area contributed by atoms with Gasteiger partial charge in [0, 0.05) is 18.6 Å². The van der Waals surface area contributed by atoms with E-state index in [2.05, 4.69) is 5.32 Å². The highest BCUT2D eigenvalue weighted by atomic mass is 19.4. The summed E-state index contributed by atoms with van der Waals surface area (Å²) >= 11 is 0. The Morgan fingerprint density at radius 3 is 2.58 bits per heavy atom. The molecule has 3 nitrogen and oxygen atoms in total. The summed E-state index contributed by atoms with van der Waals surface area (Å²) in [5.74, 6) is -0.192. The lowest BCUT2D eigenvalue weighted by molar-refractivity contribution is -0.138. The summed E-state index contributed by atoms with van der Waals surface area (Å²) in [5, 5.41) is 12.1. The fourth-order valence-electron chi connectivity index (χ4n) is 3.49. The molecule has 0 unspecified atom stereocenters. The molecule has 0 heterocycles. The summed E-state index contributed by atoms with van der Waals surface area (Å²) < 4.78 is 38.9. The fraction of sp³-hybridized carbons (Fsp3) is 0.500. The smallest absolute Gasteiger partial charge is 0.396 e. The van der Waals surface area contributed by atoms with E-state index in [1.54, 1.807) is 6.07 Å². The van der Waals surface area contributed by atoms with Crippen LogP contribution in [-0.4, -0.2) is 23.7 Å². The van der Waals surface area contributed by atoms with Gasteiger partial charge in [0.1, 0.15) is 0 Å². The number of carbonyl (C=O) groups is 1. The first-order chi connectivity index (χ1) is 11.3. The number of hydrogen-bond acceptors (Lipinski definition) is 2. The quantitative estimate of drug-likeness (QED) is 0.828. The van der Waals surface area contributed by atoms with Crippen LogP contribution in [0.2, 0.25) is 0 Å². The summed E-state index contributed by atoms with van der Waals surface area (Å²) in [5.41, 5.74) is -1.16. The zero-order chi connectivity index (χ0) is 17.4. The summed E-state index contributed by atoms with van der Waals surface area (Å²) in [6.07, 6.45) is 1.85. The van der Waals surface area contributed by atoms with E-state index >= 15 is 0 Å². The van der Waals surface area contributed by atoms with Gasteiger partial charge in [0.15, 0.2) is 0 Å². The minimum absolute atomic E-state index is 0.0289. The maximum absolute atomic E-state index is 13.0. The number of benzene rings is 1. The second-order valence-electron chi connectivity index (χ2n) is 6.66. The first-order valence-corrected chi connectivity index (χ1v) is 8.13. The Morgan fingerprint density at radius 2 is 2.04 bits per heavy atom. The molecule has 1 saturated carbocycles. The van der Waals surface area contributed by atoms with Crippen molar-refractivity contribution in [1.82, 2.24) is 5.32 Å². The predicted octanol–water partition coefficient (Wildman–Crippen LogP) is 3.18. The van der Waals surface area contributed by atoms with E-state index in [-0.39, 0.29) is 24.5 Å². The Morgan fingerprint density at radius 1 is 1.29 bits per heavy atom. The first-order valence-electron chi connectivity index (χ1n) is 8.13. The third-order valence-corrected chi connectivity index (χ3v) is 5.11. The average molecular weight is 339 g/mol. The number of halogens is 3. The molecular weight excluding hydrogens is 319 g/mol. The van der Waals surface area contributed by atoms with Gasteiger partial charge in [-0.25, -0.2) is 0 Å². The van der Waals surface area contributed by atoms with Crippen molar-refractivity contribution in [3.63, 3.8) is 0 Å².